The van der Waals surface area contributed by atoms with E-state index in [1.807, 2.05) is 0 Å². The number of aliphatic carboxylic acids is 7. The number of carboxylic acid groups (broad SMARTS) is 7. The summed E-state index contributed by atoms with van der Waals surface area (Å²) in [6.07, 6.45) is 0.637. The minimum atomic E-state index is -1.52. The predicted octanol–water partition coefficient (Wildman–Crippen LogP) is -3.09. The predicted molar refractivity (Wildman–Crippen MR) is 178 cm³/mol. The van der Waals surface area contributed by atoms with Crippen LogP contribution in [0.4, 0.5) is 0 Å². The lowest BCUT2D eigenvalue weighted by molar-refractivity contribution is -0.139. The second-order valence-electron chi connectivity index (χ2n) is 9.09. The molecule has 0 atom stereocenters. The van der Waals surface area contributed by atoms with Crippen molar-refractivity contribution >= 4 is 71.2 Å². The number of carboxylic acids is 7. The van der Waals surface area contributed by atoms with Crippen molar-refractivity contribution in [2.24, 2.45) is 5.73 Å². The Balaban J connectivity index is -0.000000311. The van der Waals surface area contributed by atoms with Crippen molar-refractivity contribution in [3.05, 3.63) is 83.0 Å². The Morgan fingerprint density at radius 3 is 1.30 bits per heavy atom. The van der Waals surface area contributed by atoms with Crippen LogP contribution in [-0.2, 0) is 52.7 Å². The van der Waals surface area contributed by atoms with Crippen LogP contribution in [-0.4, -0.2) is 134 Å². The van der Waals surface area contributed by atoms with Gasteiger partial charge in [0, 0.05) is 41.5 Å². The van der Waals surface area contributed by atoms with Gasteiger partial charge in [-0.05, 0) is 12.1 Å². The topological polar surface area (TPSA) is 489 Å². The molecule has 0 saturated heterocycles. The zero-order valence-electron chi connectivity index (χ0n) is 28.5. The average molecular weight is 819 g/mol. The Bertz CT molecular complexity index is 1730. The summed E-state index contributed by atoms with van der Waals surface area (Å²) < 4.78 is 0. The van der Waals surface area contributed by atoms with E-state index in [4.69, 9.17) is 56.5 Å². The fraction of sp³-hybridized carbons (Fsp3) is 0.133. The number of aliphatic hydroxyl groups is 1. The molecular formula is C30H34N4O23. The minimum absolute atomic E-state index is 0.386. The third kappa shape index (κ3) is 36.0. The van der Waals surface area contributed by atoms with Gasteiger partial charge < -0.3 is 46.6 Å². The third-order valence-electron chi connectivity index (χ3n) is 4.75. The van der Waals surface area contributed by atoms with Gasteiger partial charge in [0.1, 0.15) is 6.61 Å². The first-order valence-corrected chi connectivity index (χ1v) is 14.1. The lowest BCUT2D eigenvalue weighted by Crippen LogP contribution is -2.21. The van der Waals surface area contributed by atoms with Gasteiger partial charge in [0.25, 0.3) is 11.8 Å². The first-order valence-electron chi connectivity index (χ1n) is 14.1. The number of Topliss-reactive ketones (excluding diaryl/α,β-unsaturated/α-hetero) is 1. The van der Waals surface area contributed by atoms with Gasteiger partial charge in [0.2, 0.25) is 11.8 Å². The van der Waals surface area contributed by atoms with E-state index in [1.165, 1.54) is 5.48 Å². The van der Waals surface area contributed by atoms with Crippen molar-refractivity contribution in [3.63, 3.8) is 0 Å². The first-order chi connectivity index (χ1) is 26.4. The summed E-state index contributed by atoms with van der Waals surface area (Å²) in [7, 11) is 0. The van der Waals surface area contributed by atoms with Crippen molar-refractivity contribution in [1.82, 2.24) is 16.4 Å². The molecule has 16 N–H and O–H groups in total. The van der Waals surface area contributed by atoms with E-state index < -0.39 is 114 Å². The molecule has 1 aromatic carbocycles. The Kier molecular flexibility index (Phi) is 31.7. The zero-order chi connectivity index (χ0) is 45.3. The number of nitrogens with two attached hydrogens (primary N) is 1. The van der Waals surface area contributed by atoms with Crippen molar-refractivity contribution < 1.29 is 114 Å². The lowest BCUT2D eigenvalue weighted by Gasteiger charge is -1.98. The van der Waals surface area contributed by atoms with E-state index in [1.54, 1.807) is 35.8 Å². The maximum Gasteiger partial charge on any atom is 0.332 e. The monoisotopic (exact) mass is 818 g/mol. The molecule has 0 heterocycles. The molecule has 27 heteroatoms. The number of aliphatic hydroxyl groups excluding tert-OH is 1. The number of primary amides is 1. The molecule has 4 amide bonds. The Morgan fingerprint density at radius 1 is 0.544 bits per heavy atom. The van der Waals surface area contributed by atoms with E-state index in [0.29, 0.717) is 29.9 Å². The Labute approximate surface area is 316 Å². The van der Waals surface area contributed by atoms with Crippen LogP contribution in [0.3, 0.4) is 0 Å². The number of carbonyl (C=O) groups is 12. The Morgan fingerprint density at radius 2 is 0.982 bits per heavy atom. The van der Waals surface area contributed by atoms with Gasteiger partial charge in [-0.15, -0.1) is 0 Å². The standard InChI is InChI=1S/C7H7NO2.C7H8O6.2C6H7NO6.C4H5NO3/c9-7(8-10)6-4-2-1-3-5-6;8-3-5(9)4(1-6(10)11)2-7(12)13;2*8-4(7-13)1-3(6(11)12)2-5(9)10;5-3(6)1-2-4(7)8/h1-5,10H,(H,8,9);1,8H,2-3H2,(H,10,11)(H,12,13);2,13H,1H2,(H,7,8)(H,9,10)(H,11,12);1,13H,2H2,(H,7,8)(H,9,10)(H,11,12);1-2H,(H2,5,6)(H,7,8)/b;4-1-;3-2-;3-1-;2-1-. The molecule has 0 fully saturated rings. The summed E-state index contributed by atoms with van der Waals surface area (Å²) in [6.45, 7) is -0.896. The fourth-order valence-electron chi connectivity index (χ4n) is 2.54. The number of hydrogen-bond donors (Lipinski definition) is 15. The highest BCUT2D eigenvalue weighted by atomic mass is 16.5. The lowest BCUT2D eigenvalue weighted by atomic mass is 10.1. The average Bonchev–Trinajstić information content (AvgIpc) is 3.12. The van der Waals surface area contributed by atoms with Crippen LogP contribution in [0, 0.1) is 0 Å². The molecule has 0 aliphatic rings. The van der Waals surface area contributed by atoms with E-state index in [2.05, 4.69) is 5.73 Å². The van der Waals surface area contributed by atoms with Gasteiger partial charge in [0.15, 0.2) is 5.78 Å². The van der Waals surface area contributed by atoms with Crippen LogP contribution in [0.15, 0.2) is 77.4 Å². The smallest absolute Gasteiger partial charge is 0.332 e. The number of hydrogen-bond acceptors (Lipinski definition) is 16. The summed E-state index contributed by atoms with van der Waals surface area (Å²) in [6, 6.07) is 8.49. The van der Waals surface area contributed by atoms with Gasteiger partial charge in [-0.25, -0.2) is 40.4 Å². The number of amides is 4. The Hall–Kier alpha value is -8.14. The third-order valence-corrected chi connectivity index (χ3v) is 4.75. The fourth-order valence-corrected chi connectivity index (χ4v) is 2.54. The van der Waals surface area contributed by atoms with E-state index in [9.17, 15) is 57.5 Å². The maximum absolute atomic E-state index is 10.7. The van der Waals surface area contributed by atoms with Crippen molar-refractivity contribution in [1.29, 1.82) is 0 Å². The highest BCUT2D eigenvalue weighted by Crippen LogP contribution is 2.03. The molecule has 0 bridgehead atoms. The number of benzene rings is 1. The van der Waals surface area contributed by atoms with Crippen LogP contribution in [0.25, 0.3) is 0 Å². The van der Waals surface area contributed by atoms with E-state index >= 15 is 0 Å². The van der Waals surface area contributed by atoms with Crippen LogP contribution in [0.5, 0.6) is 0 Å². The van der Waals surface area contributed by atoms with Crippen LogP contribution < -0.4 is 22.2 Å². The van der Waals surface area contributed by atoms with Gasteiger partial charge in [-0.3, -0.25) is 49.2 Å². The molecule has 1 rings (SSSR count). The molecule has 0 aromatic heterocycles. The van der Waals surface area contributed by atoms with Gasteiger partial charge >= 0.3 is 41.8 Å². The summed E-state index contributed by atoms with van der Waals surface area (Å²) in [5.41, 5.74) is 7.23. The van der Waals surface area contributed by atoms with Crippen LogP contribution in [0.1, 0.15) is 29.6 Å². The number of carbonyl (C=O) groups excluding carboxylic acids is 5. The molecule has 0 saturated carbocycles. The molecule has 0 spiro atoms. The quantitative estimate of drug-likeness (QED) is 0.0446. The second kappa shape index (κ2) is 32.5. The van der Waals surface area contributed by atoms with Crippen molar-refractivity contribution in [2.45, 2.75) is 19.3 Å². The molecule has 0 aliphatic heterocycles. The molecular weight excluding hydrogens is 784 g/mol. The first kappa shape index (κ1) is 55.6. The highest BCUT2D eigenvalue weighted by Gasteiger charge is 2.15. The van der Waals surface area contributed by atoms with Crippen molar-refractivity contribution in [2.75, 3.05) is 6.61 Å². The summed E-state index contributed by atoms with van der Waals surface area (Å²) in [5.74, 6) is -14.0. The number of ketones is 1. The van der Waals surface area contributed by atoms with E-state index in [0.717, 1.165) is 11.6 Å². The summed E-state index contributed by atoms with van der Waals surface area (Å²) in [4.78, 5) is 123. The van der Waals surface area contributed by atoms with Crippen LogP contribution in [0.2, 0.25) is 0 Å². The SMILES string of the molecule is NC(=O)/C=C\C(=O)O.O=C(NO)c1ccccc1.O=C(O)/C=C(/CC(=O)NO)C(=O)O.O=C(O)/C=C(/CC(=O)O)C(=O)CO.O=C(O)C/C(=C/C(=O)NO)C(=O)O. The number of rotatable bonds is 16. The molecule has 27 nitrogen and oxygen atoms in total. The molecule has 57 heavy (non-hydrogen) atoms. The normalized spacial score (nSPS) is 10.3. The van der Waals surface area contributed by atoms with Gasteiger partial charge in [0.05, 0.1) is 30.4 Å². The van der Waals surface area contributed by atoms with Crippen molar-refractivity contribution in [3.8, 4) is 0 Å². The molecule has 0 aliphatic carbocycles. The molecule has 0 radical (unpaired) electrons. The largest absolute Gasteiger partial charge is 0.481 e. The molecule has 1 aromatic rings. The highest BCUT2D eigenvalue weighted by molar-refractivity contribution is 6.04. The molecule has 312 valence electrons. The summed E-state index contributed by atoms with van der Waals surface area (Å²) in [5, 5.41) is 90.1. The van der Waals surface area contributed by atoms with Gasteiger partial charge in [-0.1, -0.05) is 18.2 Å². The minimum Gasteiger partial charge on any atom is -0.481 e. The number of hydroxylamine groups is 3. The second-order valence-corrected chi connectivity index (χ2v) is 9.09. The van der Waals surface area contributed by atoms with Crippen LogP contribution >= 0.6 is 0 Å². The summed E-state index contributed by atoms with van der Waals surface area (Å²) >= 11 is 0. The van der Waals surface area contributed by atoms with E-state index in [-0.39, 0.29) is 0 Å². The number of nitrogens with one attached hydrogen (secondary N) is 3. The molecule has 0 unspecified atom stereocenters. The zero-order valence-corrected chi connectivity index (χ0v) is 28.5. The maximum atomic E-state index is 10.7. The van der Waals surface area contributed by atoms with Gasteiger partial charge in [-0.2, -0.15) is 0 Å².